The van der Waals surface area contributed by atoms with Crippen molar-refractivity contribution in [1.82, 2.24) is 15.0 Å². The van der Waals surface area contributed by atoms with Gasteiger partial charge in [-0.2, -0.15) is 0 Å². The molecular weight excluding hydrogens is 447 g/mol. The van der Waals surface area contributed by atoms with Crippen LogP contribution in [0.5, 0.6) is 0 Å². The van der Waals surface area contributed by atoms with Gasteiger partial charge < -0.3 is 0 Å². The van der Waals surface area contributed by atoms with Gasteiger partial charge in [0, 0.05) is 41.1 Å². The molecule has 5 rings (SSSR count). The van der Waals surface area contributed by atoms with E-state index < -0.39 is 10.0 Å². The maximum atomic E-state index is 14.1. The fourth-order valence-electron chi connectivity index (χ4n) is 3.48. The molecule has 9 heteroatoms. The smallest absolute Gasteiger partial charge is 0.263 e. The highest BCUT2D eigenvalue weighted by molar-refractivity contribution is 7.93. The van der Waals surface area contributed by atoms with E-state index in [2.05, 4.69) is 19.7 Å². The second-order valence-corrected chi connectivity index (χ2v) is 9.49. The number of halogens is 1. The highest BCUT2D eigenvalue weighted by atomic mass is 32.2. The first kappa shape index (κ1) is 20.2. The van der Waals surface area contributed by atoms with E-state index in [9.17, 15) is 12.8 Å². The highest BCUT2D eigenvalue weighted by Crippen LogP contribution is 2.36. The summed E-state index contributed by atoms with van der Waals surface area (Å²) >= 11 is 1.20. The minimum absolute atomic E-state index is 0.116. The second-order valence-electron chi connectivity index (χ2n) is 6.91. The van der Waals surface area contributed by atoms with Crippen molar-refractivity contribution in [2.75, 3.05) is 4.72 Å². The van der Waals surface area contributed by atoms with Crippen molar-refractivity contribution in [1.29, 1.82) is 0 Å². The van der Waals surface area contributed by atoms with Crippen LogP contribution in [-0.2, 0) is 10.0 Å². The standard InChI is InChI=1S/C23H15FN4O2S2/c24-17-1-3-20(21(14-17)15-5-8-25-9-6-15)22-19-4-2-18(13-16(19)7-10-26-22)32(29,30)28-23-27-11-12-31-23/h1-14H,(H,27,28). The molecule has 0 bridgehead atoms. The predicted octanol–water partition coefficient (Wildman–Crippen LogP) is 5.36. The van der Waals surface area contributed by atoms with Crippen LogP contribution in [0.3, 0.4) is 0 Å². The lowest BCUT2D eigenvalue weighted by Gasteiger charge is -2.13. The third-order valence-electron chi connectivity index (χ3n) is 4.93. The van der Waals surface area contributed by atoms with E-state index in [1.54, 1.807) is 60.4 Å². The quantitative estimate of drug-likeness (QED) is 0.380. The fraction of sp³-hybridized carbons (Fsp3) is 0. The number of anilines is 1. The lowest BCUT2D eigenvalue weighted by Crippen LogP contribution is -2.12. The Bertz CT molecular complexity index is 1520. The fourth-order valence-corrected chi connectivity index (χ4v) is 5.30. The van der Waals surface area contributed by atoms with Gasteiger partial charge in [-0.3, -0.25) is 14.7 Å². The van der Waals surface area contributed by atoms with Crippen molar-refractivity contribution < 1.29 is 12.8 Å². The van der Waals surface area contributed by atoms with Gasteiger partial charge in [0.2, 0.25) is 0 Å². The van der Waals surface area contributed by atoms with Crippen LogP contribution in [0.25, 0.3) is 33.2 Å². The number of hydrogen-bond donors (Lipinski definition) is 1. The lowest BCUT2D eigenvalue weighted by molar-refractivity contribution is 0.601. The number of hydrogen-bond acceptors (Lipinski definition) is 6. The van der Waals surface area contributed by atoms with Gasteiger partial charge in [0.05, 0.1) is 10.6 Å². The van der Waals surface area contributed by atoms with E-state index in [0.29, 0.717) is 21.8 Å². The van der Waals surface area contributed by atoms with E-state index in [1.807, 2.05) is 0 Å². The Morgan fingerprint density at radius 3 is 2.47 bits per heavy atom. The summed E-state index contributed by atoms with van der Waals surface area (Å²) in [5.74, 6) is -0.359. The molecule has 0 saturated carbocycles. The molecule has 0 unspecified atom stereocenters. The summed E-state index contributed by atoms with van der Waals surface area (Å²) in [6.45, 7) is 0. The SMILES string of the molecule is O=S(=O)(Nc1nccs1)c1ccc2c(-c3ccc(F)cc3-c3ccncc3)nccc2c1. The van der Waals surface area contributed by atoms with Gasteiger partial charge >= 0.3 is 0 Å². The average Bonchev–Trinajstić information content (AvgIpc) is 3.31. The largest absolute Gasteiger partial charge is 0.265 e. The van der Waals surface area contributed by atoms with Gasteiger partial charge in [0.15, 0.2) is 5.13 Å². The molecule has 0 aliphatic rings. The van der Waals surface area contributed by atoms with E-state index in [0.717, 1.165) is 16.5 Å². The molecule has 0 aliphatic heterocycles. The van der Waals surface area contributed by atoms with Gasteiger partial charge in [-0.25, -0.2) is 17.8 Å². The van der Waals surface area contributed by atoms with Gasteiger partial charge in [0.1, 0.15) is 5.82 Å². The number of fused-ring (bicyclic) bond motifs is 1. The van der Waals surface area contributed by atoms with Crippen LogP contribution in [0.1, 0.15) is 0 Å². The molecule has 0 spiro atoms. The Kier molecular flexibility index (Phi) is 5.12. The van der Waals surface area contributed by atoms with Crippen molar-refractivity contribution in [2.45, 2.75) is 4.90 Å². The van der Waals surface area contributed by atoms with Crippen LogP contribution < -0.4 is 4.72 Å². The van der Waals surface area contributed by atoms with Crippen molar-refractivity contribution in [3.63, 3.8) is 0 Å². The molecule has 3 aromatic heterocycles. The zero-order valence-corrected chi connectivity index (χ0v) is 18.1. The maximum absolute atomic E-state index is 14.1. The average molecular weight is 463 g/mol. The normalized spacial score (nSPS) is 11.5. The van der Waals surface area contributed by atoms with Crippen molar-refractivity contribution in [3.8, 4) is 22.4 Å². The molecule has 0 atom stereocenters. The summed E-state index contributed by atoms with van der Waals surface area (Å²) in [4.78, 5) is 12.7. The van der Waals surface area contributed by atoms with Gasteiger partial charge in [-0.15, -0.1) is 11.3 Å². The topological polar surface area (TPSA) is 84.8 Å². The van der Waals surface area contributed by atoms with Crippen molar-refractivity contribution >= 4 is 37.3 Å². The molecule has 0 fully saturated rings. The maximum Gasteiger partial charge on any atom is 0.263 e. The van der Waals surface area contributed by atoms with Crippen molar-refractivity contribution in [3.05, 3.63) is 90.6 Å². The van der Waals surface area contributed by atoms with E-state index in [-0.39, 0.29) is 10.7 Å². The molecular formula is C23H15FN4O2S2. The summed E-state index contributed by atoms with van der Waals surface area (Å²) in [7, 11) is -3.79. The number of nitrogens with zero attached hydrogens (tertiary/aromatic N) is 3. The zero-order valence-electron chi connectivity index (χ0n) is 16.4. The number of pyridine rings is 2. The van der Waals surface area contributed by atoms with E-state index in [4.69, 9.17) is 0 Å². The van der Waals surface area contributed by atoms with Crippen molar-refractivity contribution in [2.24, 2.45) is 0 Å². The first-order valence-corrected chi connectivity index (χ1v) is 11.9. The molecule has 0 radical (unpaired) electrons. The zero-order chi connectivity index (χ0) is 22.1. The number of rotatable bonds is 5. The molecule has 158 valence electrons. The number of sulfonamides is 1. The van der Waals surface area contributed by atoms with E-state index in [1.165, 1.54) is 35.7 Å². The summed E-state index contributed by atoms with van der Waals surface area (Å²) in [6, 6.07) is 14.7. The summed E-state index contributed by atoms with van der Waals surface area (Å²) < 4.78 is 42.1. The second kappa shape index (κ2) is 8.10. The number of nitrogens with one attached hydrogen (secondary N) is 1. The summed E-state index contributed by atoms with van der Waals surface area (Å²) in [6.07, 6.45) is 6.44. The number of thiazole rings is 1. The monoisotopic (exact) mass is 462 g/mol. The molecule has 2 aromatic carbocycles. The highest BCUT2D eigenvalue weighted by Gasteiger charge is 2.18. The predicted molar refractivity (Wildman–Crippen MR) is 123 cm³/mol. The third-order valence-corrected chi connectivity index (χ3v) is 7.08. The molecule has 32 heavy (non-hydrogen) atoms. The summed E-state index contributed by atoms with van der Waals surface area (Å²) in [5.41, 5.74) is 2.85. The van der Waals surface area contributed by atoms with Gasteiger partial charge in [0.25, 0.3) is 10.0 Å². The van der Waals surface area contributed by atoms with Crippen LogP contribution in [-0.4, -0.2) is 23.4 Å². The molecule has 1 N–H and O–H groups in total. The molecule has 6 nitrogen and oxygen atoms in total. The molecule has 5 aromatic rings. The first-order chi connectivity index (χ1) is 15.5. The van der Waals surface area contributed by atoms with Crippen LogP contribution in [0.2, 0.25) is 0 Å². The van der Waals surface area contributed by atoms with Crippen LogP contribution >= 0.6 is 11.3 Å². The molecule has 0 saturated heterocycles. The Morgan fingerprint density at radius 1 is 0.844 bits per heavy atom. The van der Waals surface area contributed by atoms with Crippen LogP contribution in [0.15, 0.2) is 89.7 Å². The van der Waals surface area contributed by atoms with Crippen LogP contribution in [0.4, 0.5) is 9.52 Å². The number of aromatic nitrogens is 3. The molecule has 3 heterocycles. The Balaban J connectivity index is 1.63. The summed E-state index contributed by atoms with van der Waals surface area (Å²) in [5, 5.41) is 3.44. The van der Waals surface area contributed by atoms with E-state index >= 15 is 0 Å². The van der Waals surface area contributed by atoms with Gasteiger partial charge in [-0.05, 0) is 65.0 Å². The molecule has 0 aliphatic carbocycles. The first-order valence-electron chi connectivity index (χ1n) is 9.53. The Morgan fingerprint density at radius 2 is 1.69 bits per heavy atom. The Labute approximate surface area is 187 Å². The Hall–Kier alpha value is -3.69. The van der Waals surface area contributed by atoms with Gasteiger partial charge in [-0.1, -0.05) is 6.07 Å². The minimum atomic E-state index is -3.79. The minimum Gasteiger partial charge on any atom is -0.265 e. The lowest BCUT2D eigenvalue weighted by atomic mass is 9.95. The number of benzene rings is 2. The molecule has 0 amide bonds. The third kappa shape index (κ3) is 3.83. The van der Waals surface area contributed by atoms with Crippen LogP contribution in [0, 0.1) is 5.82 Å².